The zero-order chi connectivity index (χ0) is 9.80. The molecule has 1 aromatic rings. The maximum Gasteiger partial charge on any atom is 0.168 e. The predicted octanol–water partition coefficient (Wildman–Crippen LogP) is 1.26. The number of aryl methyl sites for hydroxylation is 1. The minimum Gasteiger partial charge on any atom is -0.378 e. The Kier molecular flexibility index (Phi) is 2.93. The fourth-order valence-corrected chi connectivity index (χ4v) is 1.77. The van der Waals surface area contributed by atoms with E-state index >= 15 is 0 Å². The summed E-state index contributed by atoms with van der Waals surface area (Å²) in [6.07, 6.45) is 7.76. The summed E-state index contributed by atoms with van der Waals surface area (Å²) in [4.78, 5) is 14.5. The molecule has 1 aliphatic rings. The van der Waals surface area contributed by atoms with Crippen LogP contribution in [0.5, 0.6) is 0 Å². The largest absolute Gasteiger partial charge is 0.378 e. The van der Waals surface area contributed by atoms with E-state index in [0.29, 0.717) is 11.8 Å². The van der Waals surface area contributed by atoms with Crippen LogP contribution in [0.15, 0.2) is 12.5 Å². The molecule has 0 spiro atoms. The van der Waals surface area contributed by atoms with Crippen LogP contribution in [0, 0.1) is 0 Å². The molecule has 2 heterocycles. The van der Waals surface area contributed by atoms with Crippen LogP contribution in [-0.4, -0.2) is 28.5 Å². The first-order valence-electron chi connectivity index (χ1n) is 4.97. The molecular formula is C10H14N2O2. The number of aromatic nitrogens is 2. The number of hydrogen-bond acceptors (Lipinski definition) is 3. The molecule has 1 fully saturated rings. The lowest BCUT2D eigenvalue weighted by molar-refractivity contribution is 0.0993. The van der Waals surface area contributed by atoms with Crippen molar-refractivity contribution in [1.29, 1.82) is 0 Å². The molecule has 0 saturated carbocycles. The Labute approximate surface area is 82.9 Å². The second kappa shape index (κ2) is 4.37. The third kappa shape index (κ3) is 2.01. The van der Waals surface area contributed by atoms with Gasteiger partial charge in [0.1, 0.15) is 5.69 Å². The van der Waals surface area contributed by atoms with Crippen LogP contribution in [-0.2, 0) is 11.3 Å². The maximum atomic E-state index is 10.6. The summed E-state index contributed by atoms with van der Waals surface area (Å²) >= 11 is 0. The zero-order valence-corrected chi connectivity index (χ0v) is 8.06. The molecule has 1 atom stereocenters. The number of rotatable bonds is 4. The third-order valence-corrected chi connectivity index (χ3v) is 2.58. The molecular weight excluding hydrogens is 180 g/mol. The Balaban J connectivity index is 1.87. The standard InChI is InChI=1S/C10H14N2O2/c13-7-9-6-11-8-12(9)4-3-10-2-1-5-14-10/h6-8,10H,1-5H2. The number of aldehydes is 1. The van der Waals surface area contributed by atoms with Gasteiger partial charge in [0.2, 0.25) is 0 Å². The number of nitrogens with zero attached hydrogens (tertiary/aromatic N) is 2. The van der Waals surface area contributed by atoms with Gasteiger partial charge in [-0.1, -0.05) is 0 Å². The van der Waals surface area contributed by atoms with Gasteiger partial charge < -0.3 is 9.30 Å². The first kappa shape index (κ1) is 9.40. The number of hydrogen-bond donors (Lipinski definition) is 0. The summed E-state index contributed by atoms with van der Waals surface area (Å²) in [5, 5.41) is 0. The summed E-state index contributed by atoms with van der Waals surface area (Å²) in [6.45, 7) is 1.70. The lowest BCUT2D eigenvalue weighted by Gasteiger charge is -2.09. The second-order valence-corrected chi connectivity index (χ2v) is 3.55. The van der Waals surface area contributed by atoms with Crippen molar-refractivity contribution in [2.75, 3.05) is 6.61 Å². The smallest absolute Gasteiger partial charge is 0.168 e. The molecule has 4 heteroatoms. The van der Waals surface area contributed by atoms with Gasteiger partial charge >= 0.3 is 0 Å². The lowest BCUT2D eigenvalue weighted by atomic mass is 10.2. The van der Waals surface area contributed by atoms with Crippen LogP contribution in [0.25, 0.3) is 0 Å². The Hall–Kier alpha value is -1.16. The first-order chi connectivity index (χ1) is 6.90. The molecule has 4 nitrogen and oxygen atoms in total. The second-order valence-electron chi connectivity index (χ2n) is 3.55. The molecule has 0 aromatic carbocycles. The Morgan fingerprint density at radius 2 is 2.64 bits per heavy atom. The Bertz CT molecular complexity index is 303. The molecule has 1 aromatic heterocycles. The summed E-state index contributed by atoms with van der Waals surface area (Å²) in [5.41, 5.74) is 0.642. The van der Waals surface area contributed by atoms with Gasteiger partial charge in [0.25, 0.3) is 0 Å². The molecule has 0 amide bonds. The third-order valence-electron chi connectivity index (χ3n) is 2.58. The van der Waals surface area contributed by atoms with Crippen molar-refractivity contribution < 1.29 is 9.53 Å². The van der Waals surface area contributed by atoms with Crippen LogP contribution in [0.4, 0.5) is 0 Å². The van der Waals surface area contributed by atoms with Crippen molar-refractivity contribution in [3.05, 3.63) is 18.2 Å². The fourth-order valence-electron chi connectivity index (χ4n) is 1.77. The molecule has 1 aliphatic heterocycles. The Morgan fingerprint density at radius 1 is 1.71 bits per heavy atom. The van der Waals surface area contributed by atoms with Crippen molar-refractivity contribution in [1.82, 2.24) is 9.55 Å². The van der Waals surface area contributed by atoms with Crippen molar-refractivity contribution in [3.63, 3.8) is 0 Å². The summed E-state index contributed by atoms with van der Waals surface area (Å²) < 4.78 is 7.37. The van der Waals surface area contributed by atoms with Crippen LogP contribution < -0.4 is 0 Å². The van der Waals surface area contributed by atoms with Crippen LogP contribution in [0.3, 0.4) is 0 Å². The minimum atomic E-state index is 0.372. The van der Waals surface area contributed by atoms with Crippen LogP contribution in [0.2, 0.25) is 0 Å². The number of carbonyl (C=O) groups excluding carboxylic acids is 1. The number of carbonyl (C=O) groups is 1. The molecule has 0 N–H and O–H groups in total. The zero-order valence-electron chi connectivity index (χ0n) is 8.06. The van der Waals surface area contributed by atoms with Gasteiger partial charge in [0.05, 0.1) is 18.6 Å². The highest BCUT2D eigenvalue weighted by molar-refractivity contribution is 5.71. The number of imidazole rings is 1. The van der Waals surface area contributed by atoms with Crippen molar-refractivity contribution in [2.45, 2.75) is 31.9 Å². The van der Waals surface area contributed by atoms with E-state index in [2.05, 4.69) is 4.98 Å². The van der Waals surface area contributed by atoms with Gasteiger partial charge in [-0.05, 0) is 19.3 Å². The van der Waals surface area contributed by atoms with Gasteiger partial charge in [-0.3, -0.25) is 4.79 Å². The molecule has 14 heavy (non-hydrogen) atoms. The van der Waals surface area contributed by atoms with Gasteiger partial charge in [-0.2, -0.15) is 0 Å². The van der Waals surface area contributed by atoms with Crippen LogP contribution in [0.1, 0.15) is 29.8 Å². The first-order valence-corrected chi connectivity index (χ1v) is 4.97. The summed E-state index contributed by atoms with van der Waals surface area (Å²) in [7, 11) is 0. The molecule has 0 radical (unpaired) electrons. The highest BCUT2D eigenvalue weighted by Crippen LogP contribution is 2.16. The fraction of sp³-hybridized carbons (Fsp3) is 0.600. The molecule has 0 bridgehead atoms. The van der Waals surface area contributed by atoms with E-state index in [0.717, 1.165) is 38.7 Å². The lowest BCUT2D eigenvalue weighted by Crippen LogP contribution is -2.10. The van der Waals surface area contributed by atoms with E-state index in [9.17, 15) is 4.79 Å². The topological polar surface area (TPSA) is 44.1 Å². The molecule has 2 rings (SSSR count). The monoisotopic (exact) mass is 194 g/mol. The van der Waals surface area contributed by atoms with E-state index in [1.807, 2.05) is 4.57 Å². The quantitative estimate of drug-likeness (QED) is 0.678. The Morgan fingerprint density at radius 3 is 3.36 bits per heavy atom. The minimum absolute atomic E-state index is 0.372. The van der Waals surface area contributed by atoms with E-state index in [1.165, 1.54) is 0 Å². The van der Waals surface area contributed by atoms with Gasteiger partial charge in [-0.25, -0.2) is 4.98 Å². The number of ether oxygens (including phenoxy) is 1. The van der Waals surface area contributed by atoms with Gasteiger partial charge in [-0.15, -0.1) is 0 Å². The summed E-state index contributed by atoms with van der Waals surface area (Å²) in [5.74, 6) is 0. The highest BCUT2D eigenvalue weighted by atomic mass is 16.5. The SMILES string of the molecule is O=Cc1cncn1CCC1CCCO1. The average molecular weight is 194 g/mol. The van der Waals surface area contributed by atoms with Crippen molar-refractivity contribution in [2.24, 2.45) is 0 Å². The molecule has 1 saturated heterocycles. The highest BCUT2D eigenvalue weighted by Gasteiger charge is 2.15. The van der Waals surface area contributed by atoms with E-state index in [4.69, 9.17) is 4.74 Å². The van der Waals surface area contributed by atoms with E-state index in [1.54, 1.807) is 12.5 Å². The molecule has 76 valence electrons. The van der Waals surface area contributed by atoms with Crippen LogP contribution >= 0.6 is 0 Å². The molecule has 1 unspecified atom stereocenters. The average Bonchev–Trinajstić information content (AvgIpc) is 2.85. The van der Waals surface area contributed by atoms with Crippen molar-refractivity contribution in [3.8, 4) is 0 Å². The molecule has 0 aliphatic carbocycles. The van der Waals surface area contributed by atoms with E-state index < -0.39 is 0 Å². The predicted molar refractivity (Wildman–Crippen MR) is 51.2 cm³/mol. The van der Waals surface area contributed by atoms with Gasteiger partial charge in [0, 0.05) is 13.2 Å². The van der Waals surface area contributed by atoms with Crippen molar-refractivity contribution >= 4 is 6.29 Å². The van der Waals surface area contributed by atoms with E-state index in [-0.39, 0.29) is 0 Å². The normalized spacial score (nSPS) is 21.3. The van der Waals surface area contributed by atoms with Gasteiger partial charge in [0.15, 0.2) is 6.29 Å². The summed E-state index contributed by atoms with van der Waals surface area (Å²) in [6, 6.07) is 0. The maximum absolute atomic E-state index is 10.6.